The molecule has 0 radical (unpaired) electrons. The van der Waals surface area contributed by atoms with Crippen LogP contribution in [0.15, 0.2) is 24.3 Å². The van der Waals surface area contributed by atoms with Gasteiger partial charge in [0.1, 0.15) is 0 Å². The van der Waals surface area contributed by atoms with E-state index in [1.54, 1.807) is 0 Å². The topological polar surface area (TPSA) is 86.6 Å². The van der Waals surface area contributed by atoms with Crippen molar-refractivity contribution in [2.45, 2.75) is 18.7 Å². The van der Waals surface area contributed by atoms with E-state index in [0.717, 1.165) is 31.2 Å². The average Bonchev–Trinajstić information content (AvgIpc) is 2.35. The molecule has 8 heteroatoms. The van der Waals surface area contributed by atoms with Gasteiger partial charge in [0.2, 0.25) is 0 Å². The summed E-state index contributed by atoms with van der Waals surface area (Å²) in [7, 11) is 0. The van der Waals surface area contributed by atoms with Crippen molar-refractivity contribution in [3.05, 3.63) is 35.4 Å². The number of carboxylic acid groups (broad SMARTS) is 1. The van der Waals surface area contributed by atoms with Crippen LogP contribution in [0.25, 0.3) is 0 Å². The fourth-order valence-electron chi connectivity index (χ4n) is 1.24. The molecule has 1 unspecified atom stereocenters. The Kier molecular flexibility index (Phi) is 4.39. The molecule has 1 atom stereocenters. The first-order valence-corrected chi connectivity index (χ1v) is 5.45. The molecule has 0 spiro atoms. The summed E-state index contributed by atoms with van der Waals surface area (Å²) in [5, 5.41) is 20.1. The maximum absolute atomic E-state index is 12.3. The minimum atomic E-state index is -4.50. The third kappa shape index (κ3) is 3.95. The third-order valence-electron chi connectivity index (χ3n) is 2.53. The molecule has 1 aromatic carbocycles. The maximum atomic E-state index is 12.3. The summed E-state index contributed by atoms with van der Waals surface area (Å²) in [5.74, 6) is -2.30. The van der Waals surface area contributed by atoms with E-state index in [4.69, 9.17) is 5.11 Å². The van der Waals surface area contributed by atoms with Crippen LogP contribution in [0.5, 0.6) is 0 Å². The number of halogens is 3. The Hall–Kier alpha value is -2.09. The molecule has 1 amide bonds. The predicted molar refractivity (Wildman–Crippen MR) is 62.0 cm³/mol. The van der Waals surface area contributed by atoms with Crippen molar-refractivity contribution in [1.82, 2.24) is 5.32 Å². The molecule has 1 rings (SSSR count). The molecule has 0 bridgehead atoms. The molecule has 5 nitrogen and oxygen atoms in total. The Labute approximate surface area is 112 Å². The standard InChI is InChI=1S/C12H12F3NO4/c1-11(20,10(18)19)6-16-9(17)7-2-4-8(5-3-7)12(13,14)15/h2-5,20H,6H2,1H3,(H,16,17)(H,18,19). The lowest BCUT2D eigenvalue weighted by molar-refractivity contribution is -0.155. The average molecular weight is 291 g/mol. The number of aliphatic carboxylic acids is 1. The van der Waals surface area contributed by atoms with Gasteiger partial charge in [0.05, 0.1) is 12.1 Å². The van der Waals surface area contributed by atoms with E-state index in [1.165, 1.54) is 0 Å². The molecular formula is C12H12F3NO4. The highest BCUT2D eigenvalue weighted by Crippen LogP contribution is 2.29. The monoisotopic (exact) mass is 291 g/mol. The summed E-state index contributed by atoms with van der Waals surface area (Å²) in [6.07, 6.45) is -4.50. The van der Waals surface area contributed by atoms with Crippen LogP contribution in [0.3, 0.4) is 0 Å². The number of aliphatic hydroxyl groups is 1. The van der Waals surface area contributed by atoms with Crippen LogP contribution in [0.1, 0.15) is 22.8 Å². The van der Waals surface area contributed by atoms with E-state index in [-0.39, 0.29) is 5.56 Å². The highest BCUT2D eigenvalue weighted by Gasteiger charge is 2.31. The van der Waals surface area contributed by atoms with Crippen LogP contribution in [0.2, 0.25) is 0 Å². The van der Waals surface area contributed by atoms with E-state index in [2.05, 4.69) is 5.32 Å². The van der Waals surface area contributed by atoms with Crippen molar-refractivity contribution in [3.63, 3.8) is 0 Å². The summed E-state index contributed by atoms with van der Waals surface area (Å²) in [6.45, 7) is 0.421. The molecule has 1 aromatic rings. The molecule has 0 heterocycles. The first-order valence-electron chi connectivity index (χ1n) is 5.45. The van der Waals surface area contributed by atoms with Crippen LogP contribution in [-0.2, 0) is 11.0 Å². The van der Waals surface area contributed by atoms with Crippen LogP contribution in [0.4, 0.5) is 13.2 Å². The third-order valence-corrected chi connectivity index (χ3v) is 2.53. The first-order chi connectivity index (χ1) is 9.04. The minimum Gasteiger partial charge on any atom is -0.479 e. The van der Waals surface area contributed by atoms with Gasteiger partial charge in [-0.15, -0.1) is 0 Å². The summed E-state index contributed by atoms with van der Waals surface area (Å²) < 4.78 is 36.9. The lowest BCUT2D eigenvalue weighted by atomic mass is 10.1. The second-order valence-electron chi connectivity index (χ2n) is 4.34. The zero-order chi connectivity index (χ0) is 15.6. The number of hydrogen-bond donors (Lipinski definition) is 3. The molecule has 0 fully saturated rings. The van der Waals surface area contributed by atoms with Crippen molar-refractivity contribution in [2.24, 2.45) is 0 Å². The molecule has 0 saturated heterocycles. The van der Waals surface area contributed by atoms with Crippen molar-refractivity contribution >= 4 is 11.9 Å². The molecule has 20 heavy (non-hydrogen) atoms. The van der Waals surface area contributed by atoms with Crippen LogP contribution < -0.4 is 5.32 Å². The molecule has 0 aliphatic carbocycles. The van der Waals surface area contributed by atoms with Crippen molar-refractivity contribution in [3.8, 4) is 0 Å². The summed E-state index contributed by atoms with van der Waals surface area (Å²) >= 11 is 0. The van der Waals surface area contributed by atoms with Gasteiger partial charge in [-0.25, -0.2) is 4.79 Å². The minimum absolute atomic E-state index is 0.0702. The highest BCUT2D eigenvalue weighted by atomic mass is 19.4. The Morgan fingerprint density at radius 2 is 1.70 bits per heavy atom. The van der Waals surface area contributed by atoms with Gasteiger partial charge < -0.3 is 15.5 Å². The number of amides is 1. The maximum Gasteiger partial charge on any atom is 0.416 e. The summed E-state index contributed by atoms with van der Waals surface area (Å²) in [6, 6.07) is 3.41. The Bertz CT molecular complexity index is 508. The smallest absolute Gasteiger partial charge is 0.416 e. The second kappa shape index (κ2) is 5.49. The number of alkyl halides is 3. The van der Waals surface area contributed by atoms with E-state index in [1.807, 2.05) is 0 Å². The van der Waals surface area contributed by atoms with E-state index in [9.17, 15) is 27.9 Å². The lowest BCUT2D eigenvalue weighted by Gasteiger charge is -2.18. The molecule has 110 valence electrons. The number of carbonyl (C=O) groups excluding carboxylic acids is 1. The Balaban J connectivity index is 2.72. The second-order valence-corrected chi connectivity index (χ2v) is 4.34. The lowest BCUT2D eigenvalue weighted by Crippen LogP contribution is -2.46. The molecule has 0 saturated carbocycles. The SMILES string of the molecule is CC(O)(CNC(=O)c1ccc(C(F)(F)F)cc1)C(=O)O. The van der Waals surface area contributed by atoms with Crippen molar-refractivity contribution < 1.29 is 33.0 Å². The largest absolute Gasteiger partial charge is 0.479 e. The number of benzene rings is 1. The fraction of sp³-hybridized carbons (Fsp3) is 0.333. The zero-order valence-corrected chi connectivity index (χ0v) is 10.4. The molecule has 0 aliphatic rings. The van der Waals surface area contributed by atoms with Crippen LogP contribution in [0, 0.1) is 0 Å². The quantitative estimate of drug-likeness (QED) is 0.779. The van der Waals surface area contributed by atoms with Gasteiger partial charge in [-0.3, -0.25) is 4.79 Å². The van der Waals surface area contributed by atoms with Crippen molar-refractivity contribution in [1.29, 1.82) is 0 Å². The van der Waals surface area contributed by atoms with Gasteiger partial charge in [-0.1, -0.05) is 0 Å². The Morgan fingerprint density at radius 3 is 2.10 bits per heavy atom. The fourth-order valence-corrected chi connectivity index (χ4v) is 1.24. The first kappa shape index (κ1) is 16.0. The summed E-state index contributed by atoms with van der Waals surface area (Å²) in [5.41, 5.74) is -3.12. The number of carbonyl (C=O) groups is 2. The van der Waals surface area contributed by atoms with Gasteiger partial charge >= 0.3 is 12.1 Å². The molecular weight excluding hydrogens is 279 g/mol. The van der Waals surface area contributed by atoms with Crippen LogP contribution >= 0.6 is 0 Å². The number of carboxylic acids is 1. The highest BCUT2D eigenvalue weighted by molar-refractivity contribution is 5.94. The predicted octanol–water partition coefficient (Wildman–Crippen LogP) is 1.27. The van der Waals surface area contributed by atoms with Gasteiger partial charge in [0, 0.05) is 5.56 Å². The molecule has 0 aromatic heterocycles. The van der Waals surface area contributed by atoms with Gasteiger partial charge in [-0.2, -0.15) is 13.2 Å². The number of hydrogen-bond acceptors (Lipinski definition) is 3. The number of nitrogens with one attached hydrogen (secondary N) is 1. The van der Waals surface area contributed by atoms with Crippen LogP contribution in [-0.4, -0.2) is 34.2 Å². The Morgan fingerprint density at radius 1 is 1.20 bits per heavy atom. The van der Waals surface area contributed by atoms with E-state index in [0.29, 0.717) is 0 Å². The normalized spacial score (nSPS) is 14.4. The number of rotatable bonds is 4. The van der Waals surface area contributed by atoms with E-state index >= 15 is 0 Å². The van der Waals surface area contributed by atoms with Gasteiger partial charge in [0.25, 0.3) is 5.91 Å². The van der Waals surface area contributed by atoms with Gasteiger partial charge in [0.15, 0.2) is 5.60 Å². The molecule has 3 N–H and O–H groups in total. The van der Waals surface area contributed by atoms with Gasteiger partial charge in [-0.05, 0) is 31.2 Å². The summed E-state index contributed by atoms with van der Waals surface area (Å²) in [4.78, 5) is 22.2. The zero-order valence-electron chi connectivity index (χ0n) is 10.4. The molecule has 0 aliphatic heterocycles. The van der Waals surface area contributed by atoms with E-state index < -0.39 is 35.8 Å². The van der Waals surface area contributed by atoms with Crippen molar-refractivity contribution in [2.75, 3.05) is 6.54 Å².